The summed E-state index contributed by atoms with van der Waals surface area (Å²) in [5, 5.41) is 30.8. The number of allylic oxidation sites excluding steroid dienone is 9. The number of nitrogens with zero attached hydrogens (tertiary/aromatic N) is 2. The highest BCUT2D eigenvalue weighted by Crippen LogP contribution is 2.60. The fourth-order valence-corrected chi connectivity index (χ4v) is 8.93. The van der Waals surface area contributed by atoms with E-state index in [4.69, 9.17) is 29.0 Å². The lowest BCUT2D eigenvalue weighted by Gasteiger charge is -2.21. The molecule has 1 aromatic rings. The molecule has 0 saturated carbocycles. The predicted molar refractivity (Wildman–Crippen MR) is 262 cm³/mol. The maximum atomic E-state index is 12.8. The van der Waals surface area contributed by atoms with Gasteiger partial charge < -0.3 is 45.1 Å². The molecule has 1 fully saturated rings. The lowest BCUT2D eigenvalue weighted by atomic mass is 10.1. The number of aliphatic hydroxyl groups is 3. The first kappa shape index (κ1) is 61.5. The standard InChI is InChI=1S/C48H79N3O16P2/c1-3-5-7-8-9-10-11-12-15-19-22-25-29-33-44(54)65-40(36-62-43(53)32-28-24-21-18-16-13-14-17-20-23-27-31-39(52)30-26-6-4-2)37-63-68(58,59)67-69(60,61)64-38-41-45(55)46(56)47(66-41)51-35-34-42(49)50-48(51)57/h10-11,13-14,18,20-21,23,27,31,34-35,39-41,45-47,52,55-56H,3-9,12,15-17,19,22,24-26,28-30,32-33,36-38H2,1-2H3,(H,58,59)(H,60,61)(H2,49,50,57)/b11-10-,14-13-,21-18-,23-20-,31-27+/t39-,40-,41-,45-,46-,47-/m1/s1. The van der Waals surface area contributed by atoms with Gasteiger partial charge >= 0.3 is 33.3 Å². The van der Waals surface area contributed by atoms with E-state index in [0.29, 0.717) is 25.7 Å². The van der Waals surface area contributed by atoms with E-state index in [2.05, 4.69) is 35.3 Å². The summed E-state index contributed by atoms with van der Waals surface area (Å²) >= 11 is 0. The lowest BCUT2D eigenvalue weighted by molar-refractivity contribution is -0.161. The van der Waals surface area contributed by atoms with E-state index in [0.717, 1.165) is 81.4 Å². The fraction of sp³-hybridized carbons (Fsp3) is 0.667. The maximum absolute atomic E-state index is 12.8. The molecule has 1 aliphatic heterocycles. The Bertz CT molecular complexity index is 1910. The number of hydrogen-bond donors (Lipinski definition) is 6. The average Bonchev–Trinajstić information content (AvgIpc) is 3.58. The van der Waals surface area contributed by atoms with Gasteiger partial charge in [-0.15, -0.1) is 0 Å². The molecule has 2 unspecified atom stereocenters. The summed E-state index contributed by atoms with van der Waals surface area (Å²) in [6.45, 7) is 1.93. The molecule has 0 amide bonds. The summed E-state index contributed by atoms with van der Waals surface area (Å²) in [6, 6.07) is 1.24. The van der Waals surface area contributed by atoms with Gasteiger partial charge in [-0.1, -0.05) is 132 Å². The summed E-state index contributed by atoms with van der Waals surface area (Å²) in [7, 11) is -10.9. The maximum Gasteiger partial charge on any atom is 0.481 e. The molecule has 392 valence electrons. The first-order valence-corrected chi connectivity index (χ1v) is 27.4. The van der Waals surface area contributed by atoms with E-state index >= 15 is 0 Å². The van der Waals surface area contributed by atoms with Crippen molar-refractivity contribution in [2.45, 2.75) is 185 Å². The summed E-state index contributed by atoms with van der Waals surface area (Å²) in [5.41, 5.74) is 4.57. The number of ether oxygens (including phenoxy) is 3. The minimum absolute atomic E-state index is 0.0169. The van der Waals surface area contributed by atoms with Gasteiger partial charge in [0.05, 0.1) is 19.3 Å². The number of aromatic nitrogens is 2. The third-order valence-electron chi connectivity index (χ3n) is 10.7. The molecule has 2 rings (SSSR count). The normalized spacial score (nSPS) is 20.3. The largest absolute Gasteiger partial charge is 0.481 e. The molecule has 0 aromatic carbocycles. The molecule has 2 heterocycles. The van der Waals surface area contributed by atoms with Crippen molar-refractivity contribution in [3.05, 3.63) is 83.5 Å². The number of nitrogens with two attached hydrogens (primary N) is 1. The Balaban J connectivity index is 1.85. The number of phosphoric ester groups is 2. The minimum Gasteiger partial charge on any atom is -0.462 e. The number of hydrogen-bond acceptors (Lipinski definition) is 16. The Morgan fingerprint density at radius 2 is 1.36 bits per heavy atom. The van der Waals surface area contributed by atoms with E-state index in [9.17, 15) is 48.6 Å². The predicted octanol–water partition coefficient (Wildman–Crippen LogP) is 8.52. The molecule has 0 aliphatic carbocycles. The molecule has 1 aliphatic rings. The van der Waals surface area contributed by atoms with Crippen LogP contribution in [-0.2, 0) is 46.3 Å². The van der Waals surface area contributed by atoms with Crippen LogP contribution in [0.15, 0.2) is 77.8 Å². The fourth-order valence-electron chi connectivity index (χ4n) is 6.82. The van der Waals surface area contributed by atoms with Gasteiger partial charge in [0.25, 0.3) is 0 Å². The third-order valence-corrected chi connectivity index (χ3v) is 13.3. The Kier molecular flexibility index (Phi) is 32.4. The van der Waals surface area contributed by atoms with Crippen molar-refractivity contribution in [2.24, 2.45) is 0 Å². The van der Waals surface area contributed by atoms with Crippen LogP contribution in [0.5, 0.6) is 0 Å². The highest BCUT2D eigenvalue weighted by Gasteiger charge is 2.46. The zero-order valence-corrected chi connectivity index (χ0v) is 42.2. The van der Waals surface area contributed by atoms with Gasteiger partial charge in [0.15, 0.2) is 12.3 Å². The van der Waals surface area contributed by atoms with Crippen molar-refractivity contribution < 1.29 is 71.4 Å². The van der Waals surface area contributed by atoms with E-state index in [-0.39, 0.29) is 18.7 Å². The minimum atomic E-state index is -5.44. The van der Waals surface area contributed by atoms with Crippen LogP contribution in [0.2, 0.25) is 0 Å². The van der Waals surface area contributed by atoms with Crippen molar-refractivity contribution >= 4 is 33.4 Å². The van der Waals surface area contributed by atoms with Crippen molar-refractivity contribution in [3.63, 3.8) is 0 Å². The molecule has 69 heavy (non-hydrogen) atoms. The SMILES string of the molecule is CCCCCC/C=C\CCCCCCCC(=O)O[C@H](COC(=O)CCC/C=C\C/C=C\C/C=C\C=C\[C@H](O)CCCCC)COP(=O)(O)OP(=O)(O)OC[C@H]1O[C@@H](n2ccc(N)nc2=O)[C@H](O)[C@@H]1O. The number of aliphatic hydroxyl groups excluding tert-OH is 3. The van der Waals surface area contributed by atoms with Crippen LogP contribution >= 0.6 is 15.6 Å². The van der Waals surface area contributed by atoms with Gasteiger partial charge in [0, 0.05) is 19.0 Å². The van der Waals surface area contributed by atoms with Crippen molar-refractivity contribution in [1.29, 1.82) is 0 Å². The Labute approximate surface area is 407 Å². The molecule has 1 saturated heterocycles. The second-order valence-corrected chi connectivity index (χ2v) is 19.8. The van der Waals surface area contributed by atoms with Gasteiger partial charge in [-0.3, -0.25) is 23.2 Å². The quantitative estimate of drug-likeness (QED) is 0.0118. The number of carbonyl (C=O) groups excluding carboxylic acids is 2. The molecule has 21 heteroatoms. The van der Waals surface area contributed by atoms with Crippen LogP contribution in [0.3, 0.4) is 0 Å². The van der Waals surface area contributed by atoms with Crippen LogP contribution in [0, 0.1) is 0 Å². The zero-order chi connectivity index (χ0) is 50.8. The van der Waals surface area contributed by atoms with E-state index in [1.165, 1.54) is 31.7 Å². The topological polar surface area (TPSA) is 286 Å². The summed E-state index contributed by atoms with van der Waals surface area (Å²) in [4.78, 5) is 61.8. The molecule has 0 spiro atoms. The molecule has 1 aromatic heterocycles. The van der Waals surface area contributed by atoms with Crippen LogP contribution in [0.1, 0.15) is 155 Å². The van der Waals surface area contributed by atoms with Gasteiger partial charge in [-0.2, -0.15) is 9.29 Å². The van der Waals surface area contributed by atoms with E-state index in [1.807, 2.05) is 42.5 Å². The van der Waals surface area contributed by atoms with Crippen LogP contribution in [-0.4, -0.2) is 96.9 Å². The highest BCUT2D eigenvalue weighted by atomic mass is 31.3. The second kappa shape index (κ2) is 36.4. The summed E-state index contributed by atoms with van der Waals surface area (Å²) < 4.78 is 56.6. The van der Waals surface area contributed by atoms with Crippen LogP contribution < -0.4 is 11.4 Å². The number of carbonyl (C=O) groups is 2. The van der Waals surface area contributed by atoms with Crippen LogP contribution in [0.4, 0.5) is 5.82 Å². The average molecular weight is 1020 g/mol. The number of esters is 2. The zero-order valence-electron chi connectivity index (χ0n) is 40.5. The third kappa shape index (κ3) is 29.4. The monoisotopic (exact) mass is 1020 g/mol. The summed E-state index contributed by atoms with van der Waals surface area (Å²) in [6.07, 6.45) is 30.7. The molecule has 0 bridgehead atoms. The van der Waals surface area contributed by atoms with Crippen molar-refractivity contribution in [2.75, 3.05) is 25.6 Å². The Hall–Kier alpha value is -3.58. The molecular weight excluding hydrogens is 936 g/mol. The highest BCUT2D eigenvalue weighted by molar-refractivity contribution is 7.61. The van der Waals surface area contributed by atoms with Gasteiger partial charge in [0.1, 0.15) is 30.7 Å². The molecule has 8 atom stereocenters. The Morgan fingerprint density at radius 1 is 0.768 bits per heavy atom. The first-order valence-electron chi connectivity index (χ1n) is 24.4. The number of unbranched alkanes of at least 4 members (excludes halogenated alkanes) is 12. The lowest BCUT2D eigenvalue weighted by Crippen LogP contribution is -2.36. The molecule has 19 nitrogen and oxygen atoms in total. The van der Waals surface area contributed by atoms with Crippen molar-refractivity contribution in [1.82, 2.24) is 9.55 Å². The second-order valence-electron chi connectivity index (χ2n) is 16.8. The van der Waals surface area contributed by atoms with Gasteiger partial charge in [-0.05, 0) is 70.3 Å². The smallest absolute Gasteiger partial charge is 0.462 e. The number of anilines is 1. The first-order chi connectivity index (χ1) is 33.1. The molecule has 0 radical (unpaired) electrons. The van der Waals surface area contributed by atoms with E-state index < -0.39 is 89.8 Å². The van der Waals surface area contributed by atoms with Gasteiger partial charge in [0.2, 0.25) is 0 Å². The van der Waals surface area contributed by atoms with E-state index in [1.54, 1.807) is 6.08 Å². The van der Waals surface area contributed by atoms with Crippen molar-refractivity contribution in [3.8, 4) is 0 Å². The number of rotatable bonds is 39. The molecule has 7 N–H and O–H groups in total. The van der Waals surface area contributed by atoms with Crippen LogP contribution in [0.25, 0.3) is 0 Å². The number of phosphoric acid groups is 2. The Morgan fingerprint density at radius 3 is 2.07 bits per heavy atom. The number of nitrogen functional groups attached to an aromatic ring is 1. The molecular formula is C48H79N3O16P2. The summed E-state index contributed by atoms with van der Waals surface area (Å²) in [5.74, 6) is -1.41. The van der Waals surface area contributed by atoms with Gasteiger partial charge in [-0.25, -0.2) is 13.9 Å².